The molecule has 0 fully saturated rings. The normalized spacial score (nSPS) is 15.0. The van der Waals surface area contributed by atoms with E-state index in [1.807, 2.05) is 60.7 Å². The molecule has 2 atom stereocenters. The van der Waals surface area contributed by atoms with Crippen molar-refractivity contribution in [3.63, 3.8) is 0 Å². The van der Waals surface area contributed by atoms with Crippen molar-refractivity contribution in [1.29, 1.82) is 0 Å². The molecule has 0 heterocycles. The van der Waals surface area contributed by atoms with Crippen molar-refractivity contribution in [2.45, 2.75) is 12.3 Å². The van der Waals surface area contributed by atoms with Crippen LogP contribution in [-0.2, 0) is 9.13 Å². The predicted octanol–water partition coefficient (Wildman–Crippen LogP) is 5.40. The Morgan fingerprint density at radius 2 is 0.895 bits per heavy atom. The van der Waals surface area contributed by atoms with Gasteiger partial charge in [-0.3, -0.25) is 0 Å². The molecule has 0 N–H and O–H groups in total. The Morgan fingerprint density at radius 1 is 0.526 bits per heavy atom. The van der Waals surface area contributed by atoms with Crippen LogP contribution in [0, 0.1) is 0 Å². The number of hydrogen-bond acceptors (Lipinski definition) is 6. The van der Waals surface area contributed by atoms with Crippen LogP contribution in [0.25, 0.3) is 0 Å². The van der Waals surface area contributed by atoms with Gasteiger partial charge in [-0.15, -0.1) is 0 Å². The molecule has 0 saturated heterocycles. The molecule has 4 aromatic carbocycles. The van der Waals surface area contributed by atoms with E-state index in [0.29, 0.717) is 44.2 Å². The number of hydrogen-bond donors (Lipinski definition) is 0. The summed E-state index contributed by atoms with van der Waals surface area (Å²) in [7, 11) is -1.18. The highest BCUT2D eigenvalue weighted by molar-refractivity contribution is 7.95. The van der Waals surface area contributed by atoms with E-state index in [-0.39, 0.29) is 0 Å². The lowest BCUT2D eigenvalue weighted by Crippen LogP contribution is -2.32. The Hall–Kier alpha value is -3.46. The van der Waals surface area contributed by atoms with Crippen molar-refractivity contribution in [2.24, 2.45) is 0 Å². The first-order chi connectivity index (χ1) is 18.3. The molecular formula is C30H32O6P2. The van der Waals surface area contributed by atoms with Crippen LogP contribution in [0.4, 0.5) is 0 Å². The van der Waals surface area contributed by atoms with Crippen molar-refractivity contribution in [3.05, 3.63) is 97.1 Å². The average Bonchev–Trinajstić information content (AvgIpc) is 2.99. The molecule has 8 heteroatoms. The van der Waals surface area contributed by atoms with E-state index >= 15 is 9.13 Å². The molecule has 0 aliphatic heterocycles. The second kappa shape index (κ2) is 11.5. The van der Waals surface area contributed by atoms with Crippen LogP contribution in [0.5, 0.6) is 23.0 Å². The second-order valence-electron chi connectivity index (χ2n) is 8.69. The quantitative estimate of drug-likeness (QED) is 0.247. The Labute approximate surface area is 224 Å². The maximum absolute atomic E-state index is 15.7. The summed E-state index contributed by atoms with van der Waals surface area (Å²) in [6, 6.07) is 28.7. The van der Waals surface area contributed by atoms with E-state index in [0.717, 1.165) is 0 Å². The van der Waals surface area contributed by atoms with Crippen molar-refractivity contribution in [3.8, 4) is 23.0 Å². The molecule has 198 valence electrons. The lowest BCUT2D eigenvalue weighted by molar-refractivity contribution is 0.405. The highest BCUT2D eigenvalue weighted by Gasteiger charge is 2.49. The molecular weight excluding hydrogens is 518 g/mol. The van der Waals surface area contributed by atoms with Gasteiger partial charge in [0.1, 0.15) is 23.0 Å². The highest BCUT2D eigenvalue weighted by Crippen LogP contribution is 2.67. The fraction of sp³-hybridized carbons (Fsp3) is 0.200. The van der Waals surface area contributed by atoms with Gasteiger partial charge in [-0.1, -0.05) is 60.7 Å². The molecule has 0 spiro atoms. The Bertz CT molecular complexity index is 1370. The first kappa shape index (κ1) is 27.6. The maximum atomic E-state index is 15.7. The van der Waals surface area contributed by atoms with Gasteiger partial charge in [0.2, 0.25) is 0 Å². The SMILES string of the molecule is COc1ccc(OC)c(P(=O)(c2ccccc2)C(C)P(=O)(c2ccccc2)c2cc(OC)ccc2OC)c1. The predicted molar refractivity (Wildman–Crippen MR) is 155 cm³/mol. The van der Waals surface area contributed by atoms with E-state index in [1.54, 1.807) is 57.5 Å². The zero-order valence-electron chi connectivity index (χ0n) is 22.2. The molecule has 6 nitrogen and oxygen atoms in total. The molecule has 0 bridgehead atoms. The fourth-order valence-electron chi connectivity index (χ4n) is 4.75. The van der Waals surface area contributed by atoms with Gasteiger partial charge in [0.25, 0.3) is 0 Å². The van der Waals surface area contributed by atoms with Gasteiger partial charge < -0.3 is 28.1 Å². The number of rotatable bonds is 10. The summed E-state index contributed by atoms with van der Waals surface area (Å²) in [5.74, 6) is 1.92. The zero-order valence-corrected chi connectivity index (χ0v) is 23.9. The largest absolute Gasteiger partial charge is 0.497 e. The minimum atomic E-state index is -3.68. The third kappa shape index (κ3) is 4.75. The molecule has 2 unspecified atom stereocenters. The lowest BCUT2D eigenvalue weighted by atomic mass is 10.3. The molecule has 0 aliphatic rings. The fourth-order valence-corrected chi connectivity index (χ4v) is 13.2. The Balaban J connectivity index is 2.12. The van der Waals surface area contributed by atoms with E-state index < -0.39 is 19.7 Å². The van der Waals surface area contributed by atoms with E-state index in [4.69, 9.17) is 18.9 Å². The van der Waals surface area contributed by atoms with E-state index in [1.165, 1.54) is 14.2 Å². The first-order valence-electron chi connectivity index (χ1n) is 12.1. The summed E-state index contributed by atoms with van der Waals surface area (Å²) >= 11 is 0. The van der Waals surface area contributed by atoms with Crippen LogP contribution in [0.1, 0.15) is 6.92 Å². The molecule has 0 amide bonds. The summed E-state index contributed by atoms with van der Waals surface area (Å²) in [4.78, 5) is 0. The second-order valence-corrected chi connectivity index (χ2v) is 15.3. The third-order valence-corrected chi connectivity index (χ3v) is 15.1. The molecule has 0 saturated carbocycles. The number of benzene rings is 4. The first-order valence-corrected chi connectivity index (χ1v) is 15.7. The van der Waals surface area contributed by atoms with Crippen LogP contribution in [0.15, 0.2) is 97.1 Å². The number of ether oxygens (including phenoxy) is 4. The van der Waals surface area contributed by atoms with E-state index in [9.17, 15) is 0 Å². The summed E-state index contributed by atoms with van der Waals surface area (Å²) in [6.07, 6.45) is 0. The molecule has 4 aromatic rings. The summed E-state index contributed by atoms with van der Waals surface area (Å²) in [5.41, 5.74) is 0. The maximum Gasteiger partial charge on any atom is 0.157 e. The van der Waals surface area contributed by atoms with Crippen LogP contribution >= 0.6 is 14.3 Å². The van der Waals surface area contributed by atoms with Gasteiger partial charge in [0.05, 0.1) is 44.4 Å². The zero-order chi connectivity index (χ0) is 27.3. The highest BCUT2D eigenvalue weighted by atomic mass is 31.2. The van der Waals surface area contributed by atoms with Crippen molar-refractivity contribution >= 4 is 35.5 Å². The van der Waals surface area contributed by atoms with Crippen molar-refractivity contribution < 1.29 is 28.1 Å². The van der Waals surface area contributed by atoms with Gasteiger partial charge in [0.15, 0.2) is 14.3 Å². The van der Waals surface area contributed by atoms with Crippen molar-refractivity contribution in [1.82, 2.24) is 0 Å². The van der Waals surface area contributed by atoms with Gasteiger partial charge >= 0.3 is 0 Å². The molecule has 4 rings (SSSR count). The minimum absolute atomic E-state index is 0.432. The van der Waals surface area contributed by atoms with E-state index in [2.05, 4.69) is 0 Å². The molecule has 0 radical (unpaired) electrons. The van der Waals surface area contributed by atoms with Gasteiger partial charge in [0, 0.05) is 10.6 Å². The van der Waals surface area contributed by atoms with Gasteiger partial charge in [-0.25, -0.2) is 0 Å². The third-order valence-electron chi connectivity index (χ3n) is 6.82. The van der Waals surface area contributed by atoms with Crippen LogP contribution < -0.4 is 40.2 Å². The smallest absolute Gasteiger partial charge is 0.157 e. The van der Waals surface area contributed by atoms with Crippen LogP contribution in [0.3, 0.4) is 0 Å². The molecule has 0 aliphatic carbocycles. The van der Waals surface area contributed by atoms with Crippen LogP contribution in [-0.4, -0.2) is 33.8 Å². The Morgan fingerprint density at radius 3 is 1.21 bits per heavy atom. The van der Waals surface area contributed by atoms with Crippen LogP contribution in [0.2, 0.25) is 0 Å². The Kier molecular flexibility index (Phi) is 8.35. The lowest BCUT2D eigenvalue weighted by Gasteiger charge is -2.34. The monoisotopic (exact) mass is 550 g/mol. The number of methoxy groups -OCH3 is 4. The standard InChI is InChI=1S/C30H32O6P2/c1-22(37(31,25-12-8-6-9-13-25)29-20-23(33-2)16-18-27(29)35-4)38(32,26-14-10-7-11-15-26)30-21-24(34-3)17-19-28(30)36-5/h6-22H,1-5H3. The summed E-state index contributed by atoms with van der Waals surface area (Å²) < 4.78 is 53.9. The van der Waals surface area contributed by atoms with Gasteiger partial charge in [-0.2, -0.15) is 0 Å². The summed E-state index contributed by atoms with van der Waals surface area (Å²) in [6.45, 7) is 1.79. The van der Waals surface area contributed by atoms with Gasteiger partial charge in [-0.05, 0) is 43.3 Å². The van der Waals surface area contributed by atoms with Crippen molar-refractivity contribution in [2.75, 3.05) is 28.4 Å². The summed E-state index contributed by atoms with van der Waals surface area (Å²) in [5, 5.41) is 1.13. The average molecular weight is 551 g/mol. The minimum Gasteiger partial charge on any atom is -0.497 e. The molecule has 0 aromatic heterocycles. The topological polar surface area (TPSA) is 71.1 Å². The molecule has 38 heavy (non-hydrogen) atoms.